The van der Waals surface area contributed by atoms with Gasteiger partial charge in [-0.3, -0.25) is 5.41 Å². The minimum atomic E-state index is 0.220. The van der Waals surface area contributed by atoms with E-state index in [0.29, 0.717) is 0 Å². The van der Waals surface area contributed by atoms with Gasteiger partial charge in [0.15, 0.2) is 5.90 Å². The highest BCUT2D eigenvalue weighted by atomic mass is 16.5. The number of nitrogens with one attached hydrogen (secondary N) is 1. The zero-order valence-electron chi connectivity index (χ0n) is 4.56. The molecule has 2 heteroatoms. The number of allylic oxidation sites excluding steroid dienone is 1. The molecule has 0 fully saturated rings. The van der Waals surface area contributed by atoms with Gasteiger partial charge in [-0.1, -0.05) is 6.08 Å². The van der Waals surface area contributed by atoms with Crippen molar-refractivity contribution in [3.8, 4) is 0 Å². The highest BCUT2D eigenvalue weighted by molar-refractivity contribution is 5.69. The Morgan fingerprint density at radius 3 is 2.43 bits per heavy atom. The molecule has 1 N–H and O–H groups in total. The molecule has 0 atom stereocenters. The Morgan fingerprint density at radius 1 is 1.71 bits per heavy atom. The van der Waals surface area contributed by atoms with Crippen molar-refractivity contribution in [1.29, 1.82) is 5.41 Å². The van der Waals surface area contributed by atoms with Crippen LogP contribution >= 0.6 is 0 Å². The van der Waals surface area contributed by atoms with Crippen LogP contribution in [0.5, 0.6) is 0 Å². The minimum absolute atomic E-state index is 0.220. The van der Waals surface area contributed by atoms with Crippen molar-refractivity contribution in [1.82, 2.24) is 0 Å². The molecule has 0 amide bonds. The second kappa shape index (κ2) is 3.40. The highest BCUT2D eigenvalue weighted by Crippen LogP contribution is 1.76. The first-order chi connectivity index (χ1) is 3.27. The third-order valence-electron chi connectivity index (χ3n) is 0.381. The summed E-state index contributed by atoms with van der Waals surface area (Å²) in [7, 11) is 0. The van der Waals surface area contributed by atoms with Gasteiger partial charge in [-0.15, -0.1) is 0 Å². The van der Waals surface area contributed by atoms with Gasteiger partial charge < -0.3 is 4.74 Å². The molecule has 0 rings (SSSR count). The Labute approximate surface area is 43.3 Å². The standard InChI is InChI=1S/C5H9NO/c1-3-4-7-5(2)6/h3-4,6H,1-2H3/b4-3-,6-5?. The van der Waals surface area contributed by atoms with Gasteiger partial charge in [0.05, 0.1) is 6.26 Å². The minimum Gasteiger partial charge on any atom is -0.452 e. The summed E-state index contributed by atoms with van der Waals surface area (Å²) in [6, 6.07) is 0. The molecule has 0 aromatic rings. The van der Waals surface area contributed by atoms with E-state index in [9.17, 15) is 0 Å². The lowest BCUT2D eigenvalue weighted by molar-refractivity contribution is 0.463. The van der Waals surface area contributed by atoms with Crippen LogP contribution in [0, 0.1) is 5.41 Å². The van der Waals surface area contributed by atoms with Gasteiger partial charge in [-0.2, -0.15) is 0 Å². The maximum atomic E-state index is 6.72. The quantitative estimate of drug-likeness (QED) is 0.302. The monoisotopic (exact) mass is 99.1 g/mol. The van der Waals surface area contributed by atoms with E-state index >= 15 is 0 Å². The van der Waals surface area contributed by atoms with Crippen LogP contribution in [-0.4, -0.2) is 5.90 Å². The Hall–Kier alpha value is -0.790. The molecule has 0 aromatic carbocycles. The zero-order valence-corrected chi connectivity index (χ0v) is 4.56. The van der Waals surface area contributed by atoms with Crippen molar-refractivity contribution in [2.24, 2.45) is 0 Å². The van der Waals surface area contributed by atoms with Crippen LogP contribution in [0.15, 0.2) is 12.3 Å². The Morgan fingerprint density at radius 2 is 2.29 bits per heavy atom. The van der Waals surface area contributed by atoms with E-state index in [2.05, 4.69) is 4.74 Å². The summed E-state index contributed by atoms with van der Waals surface area (Å²) in [5.41, 5.74) is 0. The fourth-order valence-corrected chi connectivity index (χ4v) is 0.170. The SMILES string of the molecule is C/C=C\OC(C)=N. The average molecular weight is 99.1 g/mol. The number of hydrogen-bond donors (Lipinski definition) is 1. The average Bonchev–Trinajstić information content (AvgIpc) is 1.61. The number of rotatable bonds is 1. The van der Waals surface area contributed by atoms with Gasteiger partial charge in [-0.05, 0) is 6.92 Å². The zero-order chi connectivity index (χ0) is 5.70. The fourth-order valence-electron chi connectivity index (χ4n) is 0.170. The molecular weight excluding hydrogens is 90.1 g/mol. The predicted molar refractivity (Wildman–Crippen MR) is 29.3 cm³/mol. The van der Waals surface area contributed by atoms with E-state index < -0.39 is 0 Å². The van der Waals surface area contributed by atoms with E-state index in [0.717, 1.165) is 0 Å². The van der Waals surface area contributed by atoms with Crippen molar-refractivity contribution in [3.05, 3.63) is 12.3 Å². The molecule has 0 heterocycles. The van der Waals surface area contributed by atoms with Crippen LogP contribution in [-0.2, 0) is 4.74 Å². The van der Waals surface area contributed by atoms with E-state index in [1.807, 2.05) is 6.92 Å². The highest BCUT2D eigenvalue weighted by Gasteiger charge is 1.74. The summed E-state index contributed by atoms with van der Waals surface area (Å²) in [5.74, 6) is 0.220. The molecule has 2 nitrogen and oxygen atoms in total. The normalized spacial score (nSPS) is 9.43. The van der Waals surface area contributed by atoms with Crippen molar-refractivity contribution < 1.29 is 4.74 Å². The van der Waals surface area contributed by atoms with E-state index in [4.69, 9.17) is 5.41 Å². The number of hydrogen-bond acceptors (Lipinski definition) is 2. The summed E-state index contributed by atoms with van der Waals surface area (Å²) in [6.45, 7) is 3.42. The molecule has 0 spiro atoms. The lowest BCUT2D eigenvalue weighted by Gasteiger charge is -1.89. The Balaban J connectivity index is 3.14. The predicted octanol–water partition coefficient (Wildman–Crippen LogP) is 1.53. The lowest BCUT2D eigenvalue weighted by Crippen LogP contribution is -1.86. The van der Waals surface area contributed by atoms with Crippen LogP contribution in [0.4, 0.5) is 0 Å². The number of ether oxygens (including phenoxy) is 1. The van der Waals surface area contributed by atoms with Crippen molar-refractivity contribution in [2.75, 3.05) is 0 Å². The second-order valence-corrected chi connectivity index (χ2v) is 1.14. The van der Waals surface area contributed by atoms with E-state index in [1.165, 1.54) is 6.26 Å². The third kappa shape index (κ3) is 5.21. The molecule has 0 saturated heterocycles. The van der Waals surface area contributed by atoms with Gasteiger partial charge in [0.1, 0.15) is 0 Å². The smallest absolute Gasteiger partial charge is 0.183 e. The third-order valence-corrected chi connectivity index (χ3v) is 0.381. The van der Waals surface area contributed by atoms with Crippen molar-refractivity contribution in [3.63, 3.8) is 0 Å². The summed E-state index contributed by atoms with van der Waals surface area (Å²) >= 11 is 0. The van der Waals surface area contributed by atoms with Crippen LogP contribution in [0.3, 0.4) is 0 Å². The first-order valence-electron chi connectivity index (χ1n) is 2.10. The molecule has 0 radical (unpaired) electrons. The Bertz CT molecular complexity index is 86.1. The van der Waals surface area contributed by atoms with Crippen LogP contribution in [0.1, 0.15) is 13.8 Å². The Kier molecular flexibility index (Phi) is 3.02. The molecule has 0 aromatic heterocycles. The topological polar surface area (TPSA) is 33.1 Å². The summed E-state index contributed by atoms with van der Waals surface area (Å²) < 4.78 is 4.59. The van der Waals surface area contributed by atoms with Gasteiger partial charge in [-0.25, -0.2) is 0 Å². The second-order valence-electron chi connectivity index (χ2n) is 1.14. The molecule has 0 aliphatic rings. The molecular formula is C5H9NO. The maximum absolute atomic E-state index is 6.72. The van der Waals surface area contributed by atoms with E-state index in [1.54, 1.807) is 13.0 Å². The van der Waals surface area contributed by atoms with Crippen molar-refractivity contribution >= 4 is 5.90 Å². The van der Waals surface area contributed by atoms with Gasteiger partial charge in [0, 0.05) is 6.92 Å². The van der Waals surface area contributed by atoms with Gasteiger partial charge in [0.2, 0.25) is 0 Å². The summed E-state index contributed by atoms with van der Waals surface area (Å²) in [5, 5.41) is 6.72. The van der Waals surface area contributed by atoms with E-state index in [-0.39, 0.29) is 5.90 Å². The molecule has 0 unspecified atom stereocenters. The fraction of sp³-hybridized carbons (Fsp3) is 0.400. The van der Waals surface area contributed by atoms with Crippen molar-refractivity contribution in [2.45, 2.75) is 13.8 Å². The molecule has 0 aliphatic heterocycles. The van der Waals surface area contributed by atoms with Crippen LogP contribution < -0.4 is 0 Å². The summed E-state index contributed by atoms with van der Waals surface area (Å²) in [6.07, 6.45) is 3.21. The van der Waals surface area contributed by atoms with Crippen LogP contribution in [0.25, 0.3) is 0 Å². The molecule has 0 aliphatic carbocycles. The molecule has 0 bridgehead atoms. The molecule has 7 heavy (non-hydrogen) atoms. The van der Waals surface area contributed by atoms with Gasteiger partial charge >= 0.3 is 0 Å². The largest absolute Gasteiger partial charge is 0.452 e. The van der Waals surface area contributed by atoms with Gasteiger partial charge in [0.25, 0.3) is 0 Å². The van der Waals surface area contributed by atoms with Crippen LogP contribution in [0.2, 0.25) is 0 Å². The maximum Gasteiger partial charge on any atom is 0.183 e. The first-order valence-corrected chi connectivity index (χ1v) is 2.10. The lowest BCUT2D eigenvalue weighted by atomic mass is 10.7. The first kappa shape index (κ1) is 6.21. The summed E-state index contributed by atoms with van der Waals surface area (Å²) in [4.78, 5) is 0. The molecule has 0 saturated carbocycles. The molecule has 40 valence electrons.